The lowest BCUT2D eigenvalue weighted by Crippen LogP contribution is -2.27. The third kappa shape index (κ3) is 2.52. The molecule has 0 bridgehead atoms. The quantitative estimate of drug-likeness (QED) is 0.868. The Labute approximate surface area is 118 Å². The molecular weight excluding hydrogens is 250 g/mol. The Kier molecular flexibility index (Phi) is 3.41. The molecule has 0 spiro atoms. The lowest BCUT2D eigenvalue weighted by molar-refractivity contribution is 0.789. The van der Waals surface area contributed by atoms with E-state index in [4.69, 9.17) is 5.73 Å². The zero-order valence-electron chi connectivity index (χ0n) is 11.6. The van der Waals surface area contributed by atoms with Crippen LogP contribution in [0.4, 0.5) is 17.6 Å². The standard InChI is InChI=1S/C15H19N5/c1-17-13-10-14(19-15(16)18-13)20-8-6-11-4-2-3-5-12(11)7-9-20/h2-5,10H,6-9H2,1H3,(H3,16,17,18,19). The first-order chi connectivity index (χ1) is 9.76. The van der Waals surface area contributed by atoms with Gasteiger partial charge in [-0.3, -0.25) is 0 Å². The van der Waals surface area contributed by atoms with Crippen LogP contribution in [0.15, 0.2) is 30.3 Å². The highest BCUT2D eigenvalue weighted by Crippen LogP contribution is 2.21. The molecule has 20 heavy (non-hydrogen) atoms. The van der Waals surface area contributed by atoms with Crippen LogP contribution in [0.2, 0.25) is 0 Å². The molecule has 5 heteroatoms. The summed E-state index contributed by atoms with van der Waals surface area (Å²) in [6, 6.07) is 10.6. The van der Waals surface area contributed by atoms with Crippen molar-refractivity contribution in [2.75, 3.05) is 36.1 Å². The molecule has 1 aromatic heterocycles. The summed E-state index contributed by atoms with van der Waals surface area (Å²) in [5.41, 5.74) is 8.65. The van der Waals surface area contributed by atoms with Gasteiger partial charge < -0.3 is 16.0 Å². The third-order valence-corrected chi connectivity index (χ3v) is 3.73. The van der Waals surface area contributed by atoms with Gasteiger partial charge in [-0.25, -0.2) is 0 Å². The monoisotopic (exact) mass is 269 g/mol. The molecule has 1 aliphatic heterocycles. The van der Waals surface area contributed by atoms with Crippen LogP contribution in [0.3, 0.4) is 0 Å². The Morgan fingerprint density at radius 3 is 2.35 bits per heavy atom. The first-order valence-corrected chi connectivity index (χ1v) is 6.90. The number of rotatable bonds is 2. The largest absolute Gasteiger partial charge is 0.373 e. The minimum atomic E-state index is 0.314. The topological polar surface area (TPSA) is 67.1 Å². The van der Waals surface area contributed by atoms with Crippen LogP contribution in [0.25, 0.3) is 0 Å². The van der Waals surface area contributed by atoms with Crippen LogP contribution in [-0.4, -0.2) is 30.1 Å². The van der Waals surface area contributed by atoms with Crippen LogP contribution < -0.4 is 16.0 Å². The number of hydrogen-bond acceptors (Lipinski definition) is 5. The number of fused-ring (bicyclic) bond motifs is 1. The van der Waals surface area contributed by atoms with Crippen LogP contribution in [0.5, 0.6) is 0 Å². The molecule has 0 atom stereocenters. The fourth-order valence-corrected chi connectivity index (χ4v) is 2.64. The van der Waals surface area contributed by atoms with Crippen molar-refractivity contribution >= 4 is 17.6 Å². The molecule has 0 unspecified atom stereocenters. The van der Waals surface area contributed by atoms with E-state index in [0.29, 0.717) is 5.95 Å². The zero-order chi connectivity index (χ0) is 13.9. The van der Waals surface area contributed by atoms with Gasteiger partial charge in [0, 0.05) is 26.2 Å². The second-order valence-corrected chi connectivity index (χ2v) is 4.98. The number of nitrogens with zero attached hydrogens (tertiary/aromatic N) is 3. The smallest absolute Gasteiger partial charge is 0.223 e. The number of nitrogen functional groups attached to an aromatic ring is 1. The molecule has 1 aromatic carbocycles. The lowest BCUT2D eigenvalue weighted by Gasteiger charge is -2.21. The summed E-state index contributed by atoms with van der Waals surface area (Å²) in [6.45, 7) is 1.91. The van der Waals surface area contributed by atoms with Gasteiger partial charge in [0.25, 0.3) is 0 Å². The highest BCUT2D eigenvalue weighted by atomic mass is 15.2. The maximum atomic E-state index is 5.78. The van der Waals surface area contributed by atoms with Crippen LogP contribution >= 0.6 is 0 Å². The van der Waals surface area contributed by atoms with Crippen molar-refractivity contribution in [2.45, 2.75) is 12.8 Å². The molecule has 0 aliphatic carbocycles. The van der Waals surface area contributed by atoms with Crippen molar-refractivity contribution in [3.63, 3.8) is 0 Å². The Bertz CT molecular complexity index is 584. The number of nitrogens with two attached hydrogens (primary N) is 1. The number of benzene rings is 1. The summed E-state index contributed by atoms with van der Waals surface area (Å²) in [4.78, 5) is 10.8. The van der Waals surface area contributed by atoms with E-state index in [1.165, 1.54) is 11.1 Å². The molecule has 0 fully saturated rings. The molecule has 5 nitrogen and oxygen atoms in total. The Hall–Kier alpha value is -2.30. The highest BCUT2D eigenvalue weighted by molar-refractivity contribution is 5.53. The molecule has 2 heterocycles. The zero-order valence-corrected chi connectivity index (χ0v) is 11.6. The van der Waals surface area contributed by atoms with Crippen molar-refractivity contribution in [3.05, 3.63) is 41.5 Å². The van der Waals surface area contributed by atoms with Crippen molar-refractivity contribution < 1.29 is 0 Å². The van der Waals surface area contributed by atoms with E-state index in [1.807, 2.05) is 13.1 Å². The number of nitrogens with one attached hydrogen (secondary N) is 1. The van der Waals surface area contributed by atoms with E-state index in [0.717, 1.165) is 37.6 Å². The van der Waals surface area contributed by atoms with Crippen LogP contribution in [0.1, 0.15) is 11.1 Å². The summed E-state index contributed by atoms with van der Waals surface area (Å²) in [7, 11) is 1.84. The number of anilines is 3. The lowest BCUT2D eigenvalue weighted by atomic mass is 10.0. The highest BCUT2D eigenvalue weighted by Gasteiger charge is 2.16. The first-order valence-electron chi connectivity index (χ1n) is 6.90. The normalized spacial score (nSPS) is 14.6. The Balaban J connectivity index is 1.85. The average molecular weight is 269 g/mol. The molecule has 2 aromatic rings. The molecule has 3 rings (SSSR count). The maximum absolute atomic E-state index is 5.78. The second-order valence-electron chi connectivity index (χ2n) is 4.98. The van der Waals surface area contributed by atoms with Gasteiger partial charge in [-0.1, -0.05) is 24.3 Å². The van der Waals surface area contributed by atoms with E-state index in [-0.39, 0.29) is 0 Å². The molecular formula is C15H19N5. The average Bonchev–Trinajstić information content (AvgIpc) is 2.69. The molecule has 3 N–H and O–H groups in total. The van der Waals surface area contributed by atoms with Gasteiger partial charge in [0.1, 0.15) is 11.6 Å². The Morgan fingerprint density at radius 2 is 1.75 bits per heavy atom. The first kappa shape index (κ1) is 12.7. The van der Waals surface area contributed by atoms with E-state index in [2.05, 4.69) is 44.5 Å². The van der Waals surface area contributed by atoms with Crippen LogP contribution in [0, 0.1) is 0 Å². The predicted molar refractivity (Wildman–Crippen MR) is 82.1 cm³/mol. The number of hydrogen-bond donors (Lipinski definition) is 2. The minimum Gasteiger partial charge on any atom is -0.373 e. The molecule has 0 saturated carbocycles. The van der Waals surface area contributed by atoms with Gasteiger partial charge in [-0.15, -0.1) is 0 Å². The van der Waals surface area contributed by atoms with Gasteiger partial charge in [0.2, 0.25) is 5.95 Å². The van der Waals surface area contributed by atoms with Gasteiger partial charge in [-0.05, 0) is 24.0 Å². The summed E-state index contributed by atoms with van der Waals surface area (Å²) >= 11 is 0. The van der Waals surface area contributed by atoms with E-state index in [9.17, 15) is 0 Å². The van der Waals surface area contributed by atoms with Gasteiger partial charge >= 0.3 is 0 Å². The summed E-state index contributed by atoms with van der Waals surface area (Å²) in [6.07, 6.45) is 2.07. The third-order valence-electron chi connectivity index (χ3n) is 3.73. The van der Waals surface area contributed by atoms with Crippen molar-refractivity contribution in [1.82, 2.24) is 9.97 Å². The fraction of sp³-hybridized carbons (Fsp3) is 0.333. The minimum absolute atomic E-state index is 0.314. The van der Waals surface area contributed by atoms with Gasteiger partial charge in [-0.2, -0.15) is 9.97 Å². The molecule has 104 valence electrons. The van der Waals surface area contributed by atoms with E-state index >= 15 is 0 Å². The summed E-state index contributed by atoms with van der Waals surface area (Å²) in [5, 5.41) is 3.02. The van der Waals surface area contributed by atoms with E-state index < -0.39 is 0 Å². The predicted octanol–water partition coefficient (Wildman–Crippen LogP) is 1.71. The van der Waals surface area contributed by atoms with Crippen LogP contribution in [-0.2, 0) is 12.8 Å². The number of aromatic nitrogens is 2. The maximum Gasteiger partial charge on any atom is 0.223 e. The summed E-state index contributed by atoms with van der Waals surface area (Å²) in [5.74, 6) is 1.97. The SMILES string of the molecule is CNc1cc(N2CCc3ccccc3CC2)nc(N)n1. The Morgan fingerprint density at radius 1 is 1.10 bits per heavy atom. The molecule has 0 saturated heterocycles. The molecule has 0 amide bonds. The van der Waals surface area contributed by atoms with Crippen molar-refractivity contribution in [3.8, 4) is 0 Å². The van der Waals surface area contributed by atoms with Gasteiger partial charge in [0.15, 0.2) is 0 Å². The fourth-order valence-electron chi connectivity index (χ4n) is 2.64. The van der Waals surface area contributed by atoms with E-state index in [1.54, 1.807) is 0 Å². The van der Waals surface area contributed by atoms with Crippen molar-refractivity contribution in [2.24, 2.45) is 0 Å². The van der Waals surface area contributed by atoms with Crippen molar-refractivity contribution in [1.29, 1.82) is 0 Å². The molecule has 0 radical (unpaired) electrons. The molecule has 1 aliphatic rings. The van der Waals surface area contributed by atoms with Gasteiger partial charge in [0.05, 0.1) is 0 Å². The summed E-state index contributed by atoms with van der Waals surface area (Å²) < 4.78 is 0. The second kappa shape index (κ2) is 5.36.